The topological polar surface area (TPSA) is 71.9 Å². The fourth-order valence-corrected chi connectivity index (χ4v) is 1.72. The van der Waals surface area contributed by atoms with Gasteiger partial charge in [0.05, 0.1) is 10.7 Å². The van der Waals surface area contributed by atoms with E-state index in [0.717, 1.165) is 0 Å². The van der Waals surface area contributed by atoms with Gasteiger partial charge in [-0.1, -0.05) is 23.7 Å². The summed E-state index contributed by atoms with van der Waals surface area (Å²) in [6, 6.07) is 10.7. The zero-order valence-corrected chi connectivity index (χ0v) is 10.2. The fourth-order valence-electron chi connectivity index (χ4n) is 1.48. The van der Waals surface area contributed by atoms with E-state index in [9.17, 15) is 0 Å². The highest BCUT2D eigenvalue weighted by Crippen LogP contribution is 2.31. The molecule has 0 saturated heterocycles. The summed E-state index contributed by atoms with van der Waals surface area (Å²) in [5, 5.41) is 9.35. The van der Waals surface area contributed by atoms with Crippen molar-refractivity contribution in [2.24, 2.45) is 0 Å². The molecule has 1 aromatic heterocycles. The average molecular weight is 260 g/mol. The van der Waals surface area contributed by atoms with Crippen LogP contribution in [-0.2, 0) is 6.61 Å². The van der Waals surface area contributed by atoms with Crippen molar-refractivity contribution in [2.75, 3.05) is 5.73 Å². The Balaban J connectivity index is 2.20. The van der Waals surface area contributed by atoms with Gasteiger partial charge in [0.2, 0.25) is 0 Å². The molecule has 90 valence electrons. The van der Waals surface area contributed by atoms with Crippen LogP contribution in [0.1, 0.15) is 11.3 Å². The molecule has 0 bridgehead atoms. The second-order valence-corrected chi connectivity index (χ2v) is 3.98. The summed E-state index contributed by atoms with van der Waals surface area (Å²) in [5.74, 6) is 0.423. The van der Waals surface area contributed by atoms with Crippen LogP contribution in [0.4, 0.5) is 5.69 Å². The number of ether oxygens (including phenoxy) is 1. The van der Waals surface area contributed by atoms with E-state index in [1.165, 1.54) is 0 Å². The van der Waals surface area contributed by atoms with Crippen molar-refractivity contribution in [2.45, 2.75) is 6.61 Å². The van der Waals surface area contributed by atoms with Gasteiger partial charge in [-0.05, 0) is 18.2 Å². The summed E-state index contributed by atoms with van der Waals surface area (Å²) in [4.78, 5) is 3.95. The second-order valence-electron chi connectivity index (χ2n) is 3.57. The molecule has 0 aliphatic rings. The Morgan fingerprint density at radius 1 is 1.33 bits per heavy atom. The standard InChI is InChI=1S/C13H10ClN3O/c14-10-4-1-5-11(16)13(10)18-8-9-3-2-6-17-12(9)7-15/h1-6H,8,16H2. The molecule has 2 aromatic rings. The van der Waals surface area contributed by atoms with Crippen molar-refractivity contribution in [1.29, 1.82) is 5.26 Å². The molecular formula is C13H10ClN3O. The molecule has 0 spiro atoms. The van der Waals surface area contributed by atoms with Crippen molar-refractivity contribution in [3.8, 4) is 11.8 Å². The molecule has 0 aliphatic heterocycles. The molecule has 0 aliphatic carbocycles. The summed E-state index contributed by atoms with van der Waals surface area (Å²) in [7, 11) is 0. The predicted octanol–water partition coefficient (Wildman–Crippen LogP) is 2.77. The predicted molar refractivity (Wildman–Crippen MR) is 69.1 cm³/mol. The number of nitrogens with two attached hydrogens (primary N) is 1. The van der Waals surface area contributed by atoms with Gasteiger partial charge in [-0.3, -0.25) is 0 Å². The summed E-state index contributed by atoms with van der Waals surface area (Å²) in [6.45, 7) is 0.199. The lowest BCUT2D eigenvalue weighted by molar-refractivity contribution is 0.307. The van der Waals surface area contributed by atoms with Gasteiger partial charge in [0, 0.05) is 11.8 Å². The lowest BCUT2D eigenvalue weighted by Gasteiger charge is -2.10. The third kappa shape index (κ3) is 2.53. The van der Waals surface area contributed by atoms with E-state index in [2.05, 4.69) is 4.98 Å². The van der Waals surface area contributed by atoms with E-state index in [-0.39, 0.29) is 6.61 Å². The Morgan fingerprint density at radius 3 is 2.89 bits per heavy atom. The molecule has 2 rings (SSSR count). The van der Waals surface area contributed by atoms with Crippen molar-refractivity contribution in [3.05, 3.63) is 52.8 Å². The van der Waals surface area contributed by atoms with E-state index in [0.29, 0.717) is 27.7 Å². The van der Waals surface area contributed by atoms with Crippen LogP contribution in [-0.4, -0.2) is 4.98 Å². The SMILES string of the molecule is N#Cc1ncccc1COc1c(N)cccc1Cl. The van der Waals surface area contributed by atoms with Crippen molar-refractivity contribution in [1.82, 2.24) is 4.98 Å². The number of nitrogen functional groups attached to an aromatic ring is 1. The van der Waals surface area contributed by atoms with E-state index >= 15 is 0 Å². The van der Waals surface area contributed by atoms with Crippen LogP contribution in [0.3, 0.4) is 0 Å². The third-order valence-electron chi connectivity index (χ3n) is 2.37. The van der Waals surface area contributed by atoms with Crippen molar-refractivity contribution < 1.29 is 4.74 Å². The van der Waals surface area contributed by atoms with Crippen LogP contribution < -0.4 is 10.5 Å². The van der Waals surface area contributed by atoms with Gasteiger partial charge < -0.3 is 10.5 Å². The number of aromatic nitrogens is 1. The van der Waals surface area contributed by atoms with Gasteiger partial charge in [-0.15, -0.1) is 0 Å². The summed E-state index contributed by atoms with van der Waals surface area (Å²) >= 11 is 5.98. The molecule has 18 heavy (non-hydrogen) atoms. The number of pyridine rings is 1. The molecule has 5 heteroatoms. The Labute approximate surface area is 110 Å². The van der Waals surface area contributed by atoms with Gasteiger partial charge in [0.25, 0.3) is 0 Å². The lowest BCUT2D eigenvalue weighted by Crippen LogP contribution is -2.02. The Morgan fingerprint density at radius 2 is 2.17 bits per heavy atom. The minimum absolute atomic E-state index is 0.199. The molecule has 0 unspecified atom stereocenters. The molecule has 0 amide bonds. The minimum atomic E-state index is 0.199. The highest BCUT2D eigenvalue weighted by atomic mass is 35.5. The van der Waals surface area contributed by atoms with E-state index in [4.69, 9.17) is 27.3 Å². The number of hydrogen-bond donors (Lipinski definition) is 1. The summed E-state index contributed by atoms with van der Waals surface area (Å²) in [6.07, 6.45) is 1.56. The van der Waals surface area contributed by atoms with Crippen LogP contribution in [0.5, 0.6) is 5.75 Å². The molecule has 0 radical (unpaired) electrons. The first-order valence-electron chi connectivity index (χ1n) is 5.23. The second kappa shape index (κ2) is 5.39. The molecule has 2 N–H and O–H groups in total. The largest absolute Gasteiger partial charge is 0.485 e. The molecule has 0 atom stereocenters. The summed E-state index contributed by atoms with van der Waals surface area (Å²) in [5.41, 5.74) is 7.26. The van der Waals surface area contributed by atoms with E-state index in [1.54, 1.807) is 36.5 Å². The van der Waals surface area contributed by atoms with Gasteiger partial charge in [0.15, 0.2) is 5.75 Å². The number of para-hydroxylation sites is 1. The van der Waals surface area contributed by atoms with Crippen LogP contribution in [0.15, 0.2) is 36.5 Å². The molecule has 1 aromatic carbocycles. The lowest BCUT2D eigenvalue weighted by atomic mass is 10.2. The van der Waals surface area contributed by atoms with Crippen molar-refractivity contribution in [3.63, 3.8) is 0 Å². The number of anilines is 1. The third-order valence-corrected chi connectivity index (χ3v) is 2.66. The molecular weight excluding hydrogens is 250 g/mol. The van der Waals surface area contributed by atoms with Gasteiger partial charge >= 0.3 is 0 Å². The summed E-state index contributed by atoms with van der Waals surface area (Å²) < 4.78 is 5.55. The zero-order chi connectivity index (χ0) is 13.0. The van der Waals surface area contributed by atoms with Crippen LogP contribution >= 0.6 is 11.6 Å². The fraction of sp³-hybridized carbons (Fsp3) is 0.0769. The number of halogens is 1. The van der Waals surface area contributed by atoms with Crippen LogP contribution in [0.2, 0.25) is 5.02 Å². The average Bonchev–Trinajstić information content (AvgIpc) is 2.38. The first-order chi connectivity index (χ1) is 8.72. The van der Waals surface area contributed by atoms with Crippen LogP contribution in [0, 0.1) is 11.3 Å². The Kier molecular flexibility index (Phi) is 3.66. The zero-order valence-electron chi connectivity index (χ0n) is 9.43. The minimum Gasteiger partial charge on any atom is -0.485 e. The first kappa shape index (κ1) is 12.2. The normalized spacial score (nSPS) is 9.78. The molecule has 1 heterocycles. The van der Waals surface area contributed by atoms with Gasteiger partial charge in [-0.25, -0.2) is 4.98 Å². The van der Waals surface area contributed by atoms with E-state index in [1.807, 2.05) is 6.07 Å². The maximum atomic E-state index is 8.91. The highest BCUT2D eigenvalue weighted by Gasteiger charge is 2.08. The molecule has 0 saturated carbocycles. The van der Waals surface area contributed by atoms with E-state index < -0.39 is 0 Å². The molecule has 0 fully saturated rings. The number of hydrogen-bond acceptors (Lipinski definition) is 4. The highest BCUT2D eigenvalue weighted by molar-refractivity contribution is 6.32. The quantitative estimate of drug-likeness (QED) is 0.861. The maximum Gasteiger partial charge on any atom is 0.161 e. The number of nitrogens with zero attached hydrogens (tertiary/aromatic N) is 2. The molecule has 4 nitrogen and oxygen atoms in total. The number of nitriles is 1. The number of benzene rings is 1. The van der Waals surface area contributed by atoms with Gasteiger partial charge in [0.1, 0.15) is 18.4 Å². The number of rotatable bonds is 3. The monoisotopic (exact) mass is 259 g/mol. The Bertz CT molecular complexity index is 587. The smallest absolute Gasteiger partial charge is 0.161 e. The maximum absolute atomic E-state index is 8.91. The van der Waals surface area contributed by atoms with Crippen LogP contribution in [0.25, 0.3) is 0 Å². The Hall–Kier alpha value is -2.25. The van der Waals surface area contributed by atoms with Gasteiger partial charge in [-0.2, -0.15) is 5.26 Å². The van der Waals surface area contributed by atoms with Crippen molar-refractivity contribution >= 4 is 17.3 Å². The first-order valence-corrected chi connectivity index (χ1v) is 5.61.